The molecule has 29 heavy (non-hydrogen) atoms. The first-order valence-corrected chi connectivity index (χ1v) is 9.92. The first-order chi connectivity index (χ1) is 14.3. The highest BCUT2D eigenvalue weighted by Gasteiger charge is 2.24. The molecule has 4 rings (SSSR count). The minimum absolute atomic E-state index is 0.342. The number of piperazine rings is 1. The number of hydrogen-bond acceptors (Lipinski definition) is 6. The fourth-order valence-corrected chi connectivity index (χ4v) is 3.42. The number of hydrogen-bond donors (Lipinski definition) is 0. The van der Waals surface area contributed by atoms with E-state index >= 15 is 0 Å². The summed E-state index contributed by atoms with van der Waals surface area (Å²) in [7, 11) is 0. The van der Waals surface area contributed by atoms with Gasteiger partial charge in [0.15, 0.2) is 0 Å². The Morgan fingerprint density at radius 2 is 1.76 bits per heavy atom. The van der Waals surface area contributed by atoms with Gasteiger partial charge in [0.05, 0.1) is 0 Å². The molecule has 0 N–H and O–H groups in total. The molecule has 1 saturated heterocycles. The maximum atomic E-state index is 9.50. The number of anilines is 1. The van der Waals surface area contributed by atoms with Crippen LogP contribution in [0.5, 0.6) is 5.75 Å². The Kier molecular flexibility index (Phi) is 5.78. The molecule has 6 nitrogen and oxygen atoms in total. The second kappa shape index (κ2) is 8.80. The van der Waals surface area contributed by atoms with Gasteiger partial charge < -0.3 is 19.0 Å². The van der Waals surface area contributed by atoms with Crippen molar-refractivity contribution in [1.82, 2.24) is 9.88 Å². The van der Waals surface area contributed by atoms with Crippen LogP contribution in [0.1, 0.15) is 18.2 Å². The molecule has 0 amide bonds. The number of benzene rings is 2. The maximum Gasteiger partial charge on any atom is 0.235 e. The second-order valence-electron chi connectivity index (χ2n) is 7.00. The summed E-state index contributed by atoms with van der Waals surface area (Å²) >= 11 is 0. The summed E-state index contributed by atoms with van der Waals surface area (Å²) in [6, 6.07) is 19.8. The third-order valence-electron chi connectivity index (χ3n) is 5.17. The van der Waals surface area contributed by atoms with Gasteiger partial charge in [-0.05, 0) is 36.4 Å². The van der Waals surface area contributed by atoms with Crippen LogP contribution in [0, 0.1) is 11.3 Å². The molecular formula is C23H24N4O2. The quantitative estimate of drug-likeness (QED) is 0.637. The minimum atomic E-state index is 0.342. The first-order valence-electron chi connectivity index (χ1n) is 9.92. The van der Waals surface area contributed by atoms with Crippen LogP contribution in [0.4, 0.5) is 5.88 Å². The molecule has 1 fully saturated rings. The molecule has 1 aliphatic rings. The number of rotatable bonds is 6. The summed E-state index contributed by atoms with van der Waals surface area (Å²) in [6.45, 7) is 7.32. The molecular weight excluding hydrogens is 364 g/mol. The maximum absolute atomic E-state index is 9.50. The van der Waals surface area contributed by atoms with Crippen LogP contribution in [0.3, 0.4) is 0 Å². The van der Waals surface area contributed by atoms with Crippen LogP contribution in [0.2, 0.25) is 0 Å². The van der Waals surface area contributed by atoms with Gasteiger partial charge in [0.2, 0.25) is 17.5 Å². The molecule has 0 radical (unpaired) electrons. The Bertz CT molecular complexity index is 968. The Morgan fingerprint density at radius 3 is 2.41 bits per heavy atom. The summed E-state index contributed by atoms with van der Waals surface area (Å²) in [6.07, 6.45) is 0. The molecule has 1 aromatic heterocycles. The van der Waals surface area contributed by atoms with Crippen LogP contribution in [-0.2, 0) is 6.61 Å². The van der Waals surface area contributed by atoms with Crippen LogP contribution in [-0.4, -0.2) is 42.6 Å². The van der Waals surface area contributed by atoms with E-state index in [1.807, 2.05) is 54.6 Å². The highest BCUT2D eigenvalue weighted by atomic mass is 16.5. The van der Waals surface area contributed by atoms with Gasteiger partial charge in [-0.25, -0.2) is 0 Å². The number of nitrogens with zero attached hydrogens (tertiary/aromatic N) is 4. The van der Waals surface area contributed by atoms with Crippen molar-refractivity contribution < 1.29 is 9.15 Å². The lowest BCUT2D eigenvalue weighted by Crippen LogP contribution is -2.46. The summed E-state index contributed by atoms with van der Waals surface area (Å²) < 4.78 is 11.8. The van der Waals surface area contributed by atoms with Gasteiger partial charge in [-0.3, -0.25) is 0 Å². The molecule has 1 aliphatic heterocycles. The average molecular weight is 388 g/mol. The minimum Gasteiger partial charge on any atom is -0.489 e. The van der Waals surface area contributed by atoms with Crippen molar-refractivity contribution in [3.8, 4) is 23.3 Å². The van der Waals surface area contributed by atoms with Gasteiger partial charge in [0.25, 0.3) is 0 Å². The van der Waals surface area contributed by atoms with Gasteiger partial charge in [0.1, 0.15) is 18.4 Å². The van der Waals surface area contributed by atoms with E-state index in [1.54, 1.807) is 0 Å². The van der Waals surface area contributed by atoms with Gasteiger partial charge >= 0.3 is 0 Å². The standard InChI is InChI=1S/C23H24N4O2/c1-2-26-12-14-27(15-13-26)23-21(16-24)25-22(29-23)19-8-10-20(11-9-19)28-17-18-6-4-3-5-7-18/h3-11H,2,12-15,17H2,1H3. The lowest BCUT2D eigenvalue weighted by Gasteiger charge is -2.33. The number of likely N-dealkylation sites (N-methyl/N-ethyl adjacent to an activating group) is 1. The molecule has 0 atom stereocenters. The van der Waals surface area contributed by atoms with E-state index in [0.29, 0.717) is 24.1 Å². The molecule has 0 bridgehead atoms. The number of ether oxygens (including phenoxy) is 1. The monoisotopic (exact) mass is 388 g/mol. The Hall–Kier alpha value is -3.30. The average Bonchev–Trinajstić information content (AvgIpc) is 3.23. The third kappa shape index (κ3) is 4.41. The van der Waals surface area contributed by atoms with Crippen molar-refractivity contribution >= 4 is 5.88 Å². The smallest absolute Gasteiger partial charge is 0.235 e. The third-order valence-corrected chi connectivity index (χ3v) is 5.17. The molecule has 0 aliphatic carbocycles. The van der Waals surface area contributed by atoms with E-state index in [0.717, 1.165) is 49.6 Å². The molecule has 2 aromatic carbocycles. The van der Waals surface area contributed by atoms with E-state index < -0.39 is 0 Å². The number of aromatic nitrogens is 1. The van der Waals surface area contributed by atoms with Gasteiger partial charge in [-0.1, -0.05) is 37.3 Å². The summed E-state index contributed by atoms with van der Waals surface area (Å²) in [5.41, 5.74) is 2.29. The van der Waals surface area contributed by atoms with Gasteiger partial charge in [-0.2, -0.15) is 10.2 Å². The summed E-state index contributed by atoms with van der Waals surface area (Å²) in [5, 5.41) is 9.50. The molecule has 0 unspecified atom stereocenters. The van der Waals surface area contributed by atoms with Crippen LogP contribution in [0.15, 0.2) is 59.0 Å². The predicted octanol–water partition coefficient (Wildman–Crippen LogP) is 3.93. The molecule has 3 aromatic rings. The zero-order valence-corrected chi connectivity index (χ0v) is 16.5. The zero-order valence-electron chi connectivity index (χ0n) is 16.5. The Labute approximate surface area is 170 Å². The van der Waals surface area contributed by atoms with Gasteiger partial charge in [-0.15, -0.1) is 0 Å². The fourth-order valence-electron chi connectivity index (χ4n) is 3.42. The Morgan fingerprint density at radius 1 is 1.03 bits per heavy atom. The van der Waals surface area contributed by atoms with Crippen molar-refractivity contribution in [2.45, 2.75) is 13.5 Å². The van der Waals surface area contributed by atoms with Crippen LogP contribution in [0.25, 0.3) is 11.5 Å². The summed E-state index contributed by atoms with van der Waals surface area (Å²) in [4.78, 5) is 8.91. The predicted molar refractivity (Wildman–Crippen MR) is 112 cm³/mol. The summed E-state index contributed by atoms with van der Waals surface area (Å²) in [5.74, 6) is 1.81. The van der Waals surface area contributed by atoms with Crippen molar-refractivity contribution in [1.29, 1.82) is 5.26 Å². The second-order valence-corrected chi connectivity index (χ2v) is 7.00. The topological polar surface area (TPSA) is 65.5 Å². The molecule has 148 valence electrons. The van der Waals surface area contributed by atoms with Crippen molar-refractivity contribution in [2.75, 3.05) is 37.6 Å². The van der Waals surface area contributed by atoms with Crippen molar-refractivity contribution in [2.24, 2.45) is 0 Å². The van der Waals surface area contributed by atoms with Crippen molar-refractivity contribution in [3.05, 3.63) is 65.9 Å². The Balaban J connectivity index is 1.46. The molecule has 6 heteroatoms. The lowest BCUT2D eigenvalue weighted by atomic mass is 10.2. The van der Waals surface area contributed by atoms with Crippen LogP contribution >= 0.6 is 0 Å². The normalized spacial score (nSPS) is 14.6. The largest absolute Gasteiger partial charge is 0.489 e. The first kappa shape index (κ1) is 19.0. The highest BCUT2D eigenvalue weighted by Crippen LogP contribution is 2.30. The fraction of sp³-hybridized carbons (Fsp3) is 0.304. The van der Waals surface area contributed by atoms with E-state index in [9.17, 15) is 5.26 Å². The van der Waals surface area contributed by atoms with E-state index in [4.69, 9.17) is 9.15 Å². The molecule has 0 saturated carbocycles. The zero-order chi connectivity index (χ0) is 20.1. The van der Waals surface area contributed by atoms with E-state index in [-0.39, 0.29) is 0 Å². The van der Waals surface area contributed by atoms with E-state index in [2.05, 4.69) is 27.8 Å². The van der Waals surface area contributed by atoms with Crippen LogP contribution < -0.4 is 9.64 Å². The highest BCUT2D eigenvalue weighted by molar-refractivity contribution is 5.60. The lowest BCUT2D eigenvalue weighted by molar-refractivity contribution is 0.266. The molecule has 2 heterocycles. The number of nitriles is 1. The SMILES string of the molecule is CCN1CCN(c2oc(-c3ccc(OCc4ccccc4)cc3)nc2C#N)CC1. The van der Waals surface area contributed by atoms with Crippen molar-refractivity contribution in [3.63, 3.8) is 0 Å². The van der Waals surface area contributed by atoms with E-state index in [1.165, 1.54) is 0 Å². The number of oxazole rings is 1. The molecule has 0 spiro atoms. The van der Waals surface area contributed by atoms with Gasteiger partial charge in [0, 0.05) is 31.7 Å².